The molecular formula is C16H23N3O3. The maximum atomic E-state index is 12.0. The van der Waals surface area contributed by atoms with E-state index in [1.807, 2.05) is 0 Å². The first-order valence-electron chi connectivity index (χ1n) is 7.32. The third-order valence-electron chi connectivity index (χ3n) is 3.17. The van der Waals surface area contributed by atoms with Crippen LogP contribution in [-0.4, -0.2) is 28.8 Å². The van der Waals surface area contributed by atoms with Gasteiger partial charge in [-0.2, -0.15) is 0 Å². The average Bonchev–Trinajstić information content (AvgIpc) is 2.75. The van der Waals surface area contributed by atoms with Gasteiger partial charge in [0.2, 0.25) is 0 Å². The second-order valence-electron chi connectivity index (χ2n) is 6.66. The Balaban J connectivity index is 2.00. The fourth-order valence-electron chi connectivity index (χ4n) is 2.37. The number of aromatic nitrogens is 1. The second kappa shape index (κ2) is 6.36. The smallest absolute Gasteiger partial charge is 0.319 e. The van der Waals surface area contributed by atoms with E-state index in [-0.39, 0.29) is 24.1 Å². The van der Waals surface area contributed by atoms with Crippen molar-refractivity contribution < 1.29 is 14.3 Å². The van der Waals surface area contributed by atoms with Crippen LogP contribution in [0.15, 0.2) is 22.6 Å². The van der Waals surface area contributed by atoms with Crippen LogP contribution in [0.25, 0.3) is 11.1 Å². The molecule has 0 saturated heterocycles. The van der Waals surface area contributed by atoms with E-state index >= 15 is 0 Å². The first kappa shape index (κ1) is 16.3. The summed E-state index contributed by atoms with van der Waals surface area (Å²) in [6.07, 6.45) is 0.692. The molecule has 0 bridgehead atoms. The molecule has 120 valence electrons. The van der Waals surface area contributed by atoms with Crippen LogP contribution in [0.3, 0.4) is 0 Å². The Morgan fingerprint density at radius 2 is 2.14 bits per heavy atom. The topological polar surface area (TPSA) is 87.4 Å². The fourth-order valence-corrected chi connectivity index (χ4v) is 2.37. The third kappa shape index (κ3) is 4.46. The van der Waals surface area contributed by atoms with Gasteiger partial charge in [-0.1, -0.05) is 20.8 Å². The van der Waals surface area contributed by atoms with Crippen LogP contribution in [0.4, 0.5) is 10.5 Å². The number of carbonyl (C=O) groups is 1. The van der Waals surface area contributed by atoms with Gasteiger partial charge in [0.1, 0.15) is 5.52 Å². The van der Waals surface area contributed by atoms with Crippen molar-refractivity contribution in [1.29, 1.82) is 0 Å². The van der Waals surface area contributed by atoms with E-state index in [2.05, 4.69) is 36.4 Å². The first-order chi connectivity index (χ1) is 10.3. The number of anilines is 1. The summed E-state index contributed by atoms with van der Waals surface area (Å²) >= 11 is 0. The summed E-state index contributed by atoms with van der Waals surface area (Å²) in [5.41, 5.74) is 2.03. The molecule has 1 heterocycles. The Bertz CT molecular complexity index is 658. The number of aliphatic hydroxyl groups excluding tert-OH is 1. The van der Waals surface area contributed by atoms with Crippen molar-refractivity contribution in [3.63, 3.8) is 0 Å². The molecule has 0 radical (unpaired) electrons. The number of amides is 2. The van der Waals surface area contributed by atoms with Gasteiger partial charge in [-0.05, 0) is 24.0 Å². The highest BCUT2D eigenvalue weighted by Gasteiger charge is 2.19. The molecule has 2 amide bonds. The van der Waals surface area contributed by atoms with Crippen molar-refractivity contribution in [1.82, 2.24) is 10.3 Å². The van der Waals surface area contributed by atoms with Gasteiger partial charge >= 0.3 is 6.03 Å². The van der Waals surface area contributed by atoms with Gasteiger partial charge in [0.05, 0.1) is 12.6 Å². The first-order valence-corrected chi connectivity index (χ1v) is 7.32. The number of urea groups is 1. The Hall–Kier alpha value is -2.08. The van der Waals surface area contributed by atoms with E-state index < -0.39 is 0 Å². The number of fused-ring (bicyclic) bond motifs is 1. The summed E-state index contributed by atoms with van der Waals surface area (Å²) in [6, 6.07) is 4.66. The van der Waals surface area contributed by atoms with Gasteiger partial charge in [-0.3, -0.25) is 0 Å². The zero-order valence-corrected chi connectivity index (χ0v) is 13.4. The highest BCUT2D eigenvalue weighted by molar-refractivity contribution is 5.91. The number of hydrogen-bond donors (Lipinski definition) is 3. The van der Waals surface area contributed by atoms with E-state index in [0.717, 1.165) is 5.52 Å². The van der Waals surface area contributed by atoms with E-state index in [4.69, 9.17) is 4.42 Å². The Kier molecular flexibility index (Phi) is 4.71. The summed E-state index contributed by atoms with van der Waals surface area (Å²) in [6.45, 7) is 7.88. The van der Waals surface area contributed by atoms with Gasteiger partial charge < -0.3 is 20.2 Å². The van der Waals surface area contributed by atoms with Crippen LogP contribution in [0.5, 0.6) is 0 Å². The molecule has 2 aromatic rings. The molecule has 0 aliphatic heterocycles. The number of carbonyl (C=O) groups excluding carboxylic acids is 1. The van der Waals surface area contributed by atoms with Crippen molar-refractivity contribution >= 4 is 22.8 Å². The van der Waals surface area contributed by atoms with Gasteiger partial charge in [0.25, 0.3) is 0 Å². The predicted octanol–water partition coefficient (Wildman–Crippen LogP) is 3.05. The van der Waals surface area contributed by atoms with Gasteiger partial charge in [-0.15, -0.1) is 0 Å². The number of benzene rings is 1. The zero-order chi connectivity index (χ0) is 16.3. The quantitative estimate of drug-likeness (QED) is 0.810. The lowest BCUT2D eigenvalue weighted by molar-refractivity contribution is 0.196. The van der Waals surface area contributed by atoms with E-state index in [1.54, 1.807) is 25.1 Å². The molecule has 6 nitrogen and oxygen atoms in total. The monoisotopic (exact) mass is 305 g/mol. The molecule has 3 N–H and O–H groups in total. The normalized spacial score (nSPS) is 13.1. The van der Waals surface area contributed by atoms with Crippen molar-refractivity contribution in [3.05, 3.63) is 24.1 Å². The Morgan fingerprint density at radius 1 is 1.41 bits per heavy atom. The van der Waals surface area contributed by atoms with Crippen LogP contribution in [0.2, 0.25) is 0 Å². The summed E-state index contributed by atoms with van der Waals surface area (Å²) in [5.74, 6) is 0.585. The van der Waals surface area contributed by atoms with Crippen molar-refractivity contribution in [2.24, 2.45) is 5.41 Å². The number of nitrogens with one attached hydrogen (secondary N) is 2. The van der Waals surface area contributed by atoms with Crippen LogP contribution < -0.4 is 10.6 Å². The second-order valence-corrected chi connectivity index (χ2v) is 6.66. The Labute approximate surface area is 129 Å². The molecule has 0 spiro atoms. The maximum absolute atomic E-state index is 12.0. The summed E-state index contributed by atoms with van der Waals surface area (Å²) in [5, 5.41) is 14.9. The molecular weight excluding hydrogens is 282 g/mol. The largest absolute Gasteiger partial charge is 0.441 e. The van der Waals surface area contributed by atoms with Crippen LogP contribution in [0, 0.1) is 12.3 Å². The van der Waals surface area contributed by atoms with Gasteiger partial charge in [-0.25, -0.2) is 9.78 Å². The van der Waals surface area contributed by atoms with Crippen LogP contribution >= 0.6 is 0 Å². The molecule has 1 atom stereocenters. The summed E-state index contributed by atoms with van der Waals surface area (Å²) < 4.78 is 5.44. The minimum atomic E-state index is -0.348. The van der Waals surface area contributed by atoms with E-state index in [0.29, 0.717) is 23.6 Å². The number of hydrogen-bond acceptors (Lipinski definition) is 4. The SMILES string of the molecule is Cc1nc2ccc(NC(=O)NC(CO)CC(C)(C)C)cc2o1. The van der Waals surface area contributed by atoms with Crippen molar-refractivity contribution in [2.75, 3.05) is 11.9 Å². The molecule has 1 aromatic heterocycles. The maximum Gasteiger partial charge on any atom is 0.319 e. The fraction of sp³-hybridized carbons (Fsp3) is 0.500. The lowest BCUT2D eigenvalue weighted by atomic mass is 9.88. The minimum Gasteiger partial charge on any atom is -0.441 e. The molecule has 6 heteroatoms. The number of nitrogens with zero attached hydrogens (tertiary/aromatic N) is 1. The molecule has 22 heavy (non-hydrogen) atoms. The number of rotatable bonds is 4. The third-order valence-corrected chi connectivity index (χ3v) is 3.17. The summed E-state index contributed by atoms with van der Waals surface area (Å²) in [4.78, 5) is 16.2. The highest BCUT2D eigenvalue weighted by Crippen LogP contribution is 2.21. The molecule has 0 aliphatic rings. The molecule has 1 aromatic carbocycles. The average molecular weight is 305 g/mol. The van der Waals surface area contributed by atoms with E-state index in [1.165, 1.54) is 0 Å². The van der Waals surface area contributed by atoms with Crippen molar-refractivity contribution in [3.8, 4) is 0 Å². The van der Waals surface area contributed by atoms with Gasteiger partial charge in [0.15, 0.2) is 11.5 Å². The summed E-state index contributed by atoms with van der Waals surface area (Å²) in [7, 11) is 0. The molecule has 0 saturated carbocycles. The standard InChI is InChI=1S/C16H23N3O3/c1-10-17-13-6-5-11(7-14(13)22-10)18-15(21)19-12(9-20)8-16(2,3)4/h5-7,12,20H,8-9H2,1-4H3,(H2,18,19,21). The molecule has 0 aliphatic carbocycles. The van der Waals surface area contributed by atoms with E-state index in [9.17, 15) is 9.90 Å². The molecule has 0 fully saturated rings. The Morgan fingerprint density at radius 3 is 2.77 bits per heavy atom. The number of oxazole rings is 1. The van der Waals surface area contributed by atoms with Gasteiger partial charge in [0, 0.05) is 18.7 Å². The molecule has 2 rings (SSSR count). The highest BCUT2D eigenvalue weighted by atomic mass is 16.3. The lowest BCUT2D eigenvalue weighted by Crippen LogP contribution is -2.42. The van der Waals surface area contributed by atoms with Crippen LogP contribution in [0.1, 0.15) is 33.1 Å². The molecule has 1 unspecified atom stereocenters. The zero-order valence-electron chi connectivity index (χ0n) is 13.4. The minimum absolute atomic E-state index is 0.0248. The number of aryl methyl sites for hydroxylation is 1. The van der Waals surface area contributed by atoms with Crippen LogP contribution in [-0.2, 0) is 0 Å². The lowest BCUT2D eigenvalue weighted by Gasteiger charge is -2.25. The predicted molar refractivity (Wildman–Crippen MR) is 85.8 cm³/mol. The van der Waals surface area contributed by atoms with Crippen molar-refractivity contribution in [2.45, 2.75) is 40.2 Å². The number of aliphatic hydroxyl groups is 1.